The van der Waals surface area contributed by atoms with E-state index in [1.165, 1.54) is 16.0 Å². The summed E-state index contributed by atoms with van der Waals surface area (Å²) in [6.45, 7) is 2.04. The molecular weight excluding hydrogens is 392 g/mol. The third-order valence-electron chi connectivity index (χ3n) is 5.17. The maximum Gasteiger partial charge on any atom is 0.304 e. The van der Waals surface area contributed by atoms with Crippen LogP contribution in [0.1, 0.15) is 51.3 Å². The minimum Gasteiger partial charge on any atom is -0.486 e. The van der Waals surface area contributed by atoms with Crippen LogP contribution in [-0.4, -0.2) is 11.1 Å². The largest absolute Gasteiger partial charge is 0.486 e. The molecule has 1 heterocycles. The number of hydrogen-bond donors (Lipinski definition) is 1. The molecular formula is C23H21ClO3S. The molecule has 28 heavy (non-hydrogen) atoms. The number of benzene rings is 2. The Morgan fingerprint density at radius 1 is 1.21 bits per heavy atom. The molecule has 0 amide bonds. The van der Waals surface area contributed by atoms with Crippen LogP contribution in [0, 0.1) is 6.92 Å². The lowest BCUT2D eigenvalue weighted by atomic mass is 9.94. The van der Waals surface area contributed by atoms with Gasteiger partial charge in [0.15, 0.2) is 0 Å². The fraction of sp³-hybridized carbons (Fsp3) is 0.261. The van der Waals surface area contributed by atoms with E-state index in [0.29, 0.717) is 0 Å². The van der Waals surface area contributed by atoms with Gasteiger partial charge in [-0.05, 0) is 72.9 Å². The molecule has 0 spiro atoms. The predicted molar refractivity (Wildman–Crippen MR) is 113 cm³/mol. The number of carboxylic acid groups (broad SMARTS) is 1. The molecule has 1 aromatic heterocycles. The molecule has 0 fully saturated rings. The lowest BCUT2D eigenvalue weighted by Crippen LogP contribution is -2.07. The quantitative estimate of drug-likeness (QED) is 0.510. The molecule has 1 aliphatic carbocycles. The number of halogens is 1. The molecule has 0 saturated heterocycles. The molecule has 2 unspecified atom stereocenters. The van der Waals surface area contributed by atoms with Crippen LogP contribution in [0.2, 0.25) is 5.02 Å². The molecule has 0 bridgehead atoms. The molecule has 1 N–H and O–H groups in total. The molecule has 2 atom stereocenters. The molecule has 4 rings (SSSR count). The van der Waals surface area contributed by atoms with Crippen LogP contribution in [0.4, 0.5) is 0 Å². The Morgan fingerprint density at radius 2 is 2.00 bits per heavy atom. The van der Waals surface area contributed by atoms with Crippen molar-refractivity contribution >= 4 is 28.9 Å². The highest BCUT2D eigenvalue weighted by Gasteiger charge is 2.25. The van der Waals surface area contributed by atoms with Crippen molar-refractivity contribution in [2.45, 2.75) is 38.2 Å². The first-order chi connectivity index (χ1) is 13.5. The third-order valence-corrected chi connectivity index (χ3v) is 6.52. The standard InChI is InChI=1S/C23H21ClO3S/c1-14-2-11-22(28-14)20(13-23(25)26)15-3-7-18(8-4-15)27-21-10-5-16-12-17(24)6-9-19(16)21/h2-4,6-9,11-12,20-21H,5,10,13H2,1H3,(H,25,26). The van der Waals surface area contributed by atoms with Gasteiger partial charge in [0.1, 0.15) is 11.9 Å². The average Bonchev–Trinajstić information content (AvgIpc) is 3.26. The molecule has 0 radical (unpaired) electrons. The van der Waals surface area contributed by atoms with Gasteiger partial charge in [0.05, 0.1) is 6.42 Å². The summed E-state index contributed by atoms with van der Waals surface area (Å²) in [6, 6.07) is 17.9. The number of thiophene rings is 1. The van der Waals surface area contributed by atoms with E-state index in [4.69, 9.17) is 16.3 Å². The highest BCUT2D eigenvalue weighted by atomic mass is 35.5. The number of aryl methyl sites for hydroxylation is 2. The minimum atomic E-state index is -0.794. The van der Waals surface area contributed by atoms with Crippen LogP contribution in [-0.2, 0) is 11.2 Å². The van der Waals surface area contributed by atoms with Crippen molar-refractivity contribution < 1.29 is 14.6 Å². The van der Waals surface area contributed by atoms with Crippen molar-refractivity contribution in [2.75, 3.05) is 0 Å². The van der Waals surface area contributed by atoms with Crippen molar-refractivity contribution in [2.24, 2.45) is 0 Å². The molecule has 0 aliphatic heterocycles. The maximum absolute atomic E-state index is 11.4. The first-order valence-corrected chi connectivity index (χ1v) is 10.5. The zero-order valence-corrected chi connectivity index (χ0v) is 17.1. The molecule has 1 aliphatic rings. The van der Waals surface area contributed by atoms with Crippen molar-refractivity contribution in [3.05, 3.63) is 86.1 Å². The number of fused-ring (bicyclic) bond motifs is 1. The van der Waals surface area contributed by atoms with E-state index in [1.807, 2.05) is 61.5 Å². The van der Waals surface area contributed by atoms with Gasteiger partial charge in [-0.2, -0.15) is 0 Å². The summed E-state index contributed by atoms with van der Waals surface area (Å²) in [5, 5.41) is 10.1. The highest BCUT2D eigenvalue weighted by Crippen LogP contribution is 2.38. The fourth-order valence-electron chi connectivity index (χ4n) is 3.81. The minimum absolute atomic E-state index is 0.0351. The summed E-state index contributed by atoms with van der Waals surface area (Å²) >= 11 is 7.74. The van der Waals surface area contributed by atoms with E-state index in [2.05, 4.69) is 0 Å². The Kier molecular flexibility index (Phi) is 5.42. The normalized spacial score (nSPS) is 16.6. The molecule has 0 saturated carbocycles. The second-order valence-electron chi connectivity index (χ2n) is 7.16. The number of aliphatic carboxylic acids is 1. The Balaban J connectivity index is 1.53. The summed E-state index contributed by atoms with van der Waals surface area (Å²) < 4.78 is 6.21. The van der Waals surface area contributed by atoms with E-state index in [-0.39, 0.29) is 18.4 Å². The molecule has 3 aromatic rings. The van der Waals surface area contributed by atoms with E-state index in [1.54, 1.807) is 11.3 Å². The van der Waals surface area contributed by atoms with Gasteiger partial charge in [-0.15, -0.1) is 11.3 Å². The second-order valence-corrected chi connectivity index (χ2v) is 8.91. The highest BCUT2D eigenvalue weighted by molar-refractivity contribution is 7.12. The van der Waals surface area contributed by atoms with Gasteiger partial charge in [-0.25, -0.2) is 0 Å². The summed E-state index contributed by atoms with van der Waals surface area (Å²) in [6.07, 6.45) is 2.02. The number of carboxylic acids is 1. The Bertz CT molecular complexity index is 993. The fourth-order valence-corrected chi connectivity index (χ4v) is 5.01. The predicted octanol–water partition coefficient (Wildman–Crippen LogP) is 6.38. The van der Waals surface area contributed by atoms with Gasteiger partial charge in [-0.1, -0.05) is 29.8 Å². The first-order valence-electron chi connectivity index (χ1n) is 9.32. The van der Waals surface area contributed by atoms with Gasteiger partial charge < -0.3 is 9.84 Å². The maximum atomic E-state index is 11.4. The van der Waals surface area contributed by atoms with Gasteiger partial charge in [0.2, 0.25) is 0 Å². The lowest BCUT2D eigenvalue weighted by molar-refractivity contribution is -0.137. The van der Waals surface area contributed by atoms with Crippen molar-refractivity contribution in [1.82, 2.24) is 0 Å². The third kappa shape index (κ3) is 4.08. The monoisotopic (exact) mass is 412 g/mol. The molecule has 144 valence electrons. The van der Waals surface area contributed by atoms with Gasteiger partial charge in [0, 0.05) is 20.7 Å². The summed E-state index contributed by atoms with van der Waals surface area (Å²) in [5.41, 5.74) is 3.45. The Labute approximate surface area is 173 Å². The van der Waals surface area contributed by atoms with Crippen LogP contribution < -0.4 is 4.74 Å². The van der Waals surface area contributed by atoms with Crippen molar-refractivity contribution in [3.63, 3.8) is 0 Å². The van der Waals surface area contributed by atoms with Crippen LogP contribution in [0.3, 0.4) is 0 Å². The van der Waals surface area contributed by atoms with Crippen LogP contribution >= 0.6 is 22.9 Å². The SMILES string of the molecule is Cc1ccc(C(CC(=O)O)c2ccc(OC3CCc4cc(Cl)ccc43)cc2)s1. The van der Waals surface area contributed by atoms with Gasteiger partial charge in [-0.3, -0.25) is 4.79 Å². The Morgan fingerprint density at radius 3 is 2.68 bits per heavy atom. The van der Waals surface area contributed by atoms with E-state index in [0.717, 1.165) is 34.1 Å². The average molecular weight is 413 g/mol. The number of ether oxygens (including phenoxy) is 1. The van der Waals surface area contributed by atoms with Crippen LogP contribution in [0.15, 0.2) is 54.6 Å². The van der Waals surface area contributed by atoms with Crippen molar-refractivity contribution in [3.8, 4) is 5.75 Å². The van der Waals surface area contributed by atoms with Gasteiger partial charge in [0.25, 0.3) is 0 Å². The van der Waals surface area contributed by atoms with Crippen LogP contribution in [0.5, 0.6) is 5.75 Å². The number of hydrogen-bond acceptors (Lipinski definition) is 3. The van der Waals surface area contributed by atoms with E-state index < -0.39 is 5.97 Å². The van der Waals surface area contributed by atoms with Crippen LogP contribution in [0.25, 0.3) is 0 Å². The zero-order chi connectivity index (χ0) is 19.7. The first kappa shape index (κ1) is 19.0. The van der Waals surface area contributed by atoms with Crippen molar-refractivity contribution in [1.29, 1.82) is 0 Å². The molecule has 3 nitrogen and oxygen atoms in total. The van der Waals surface area contributed by atoms with E-state index >= 15 is 0 Å². The Hall–Kier alpha value is -2.30. The smallest absolute Gasteiger partial charge is 0.304 e. The number of carbonyl (C=O) groups is 1. The summed E-state index contributed by atoms with van der Waals surface area (Å²) in [5.74, 6) is -0.134. The topological polar surface area (TPSA) is 46.5 Å². The summed E-state index contributed by atoms with van der Waals surface area (Å²) in [4.78, 5) is 13.6. The lowest BCUT2D eigenvalue weighted by Gasteiger charge is -2.17. The summed E-state index contributed by atoms with van der Waals surface area (Å²) in [7, 11) is 0. The van der Waals surface area contributed by atoms with Gasteiger partial charge >= 0.3 is 5.97 Å². The molecule has 5 heteroatoms. The number of rotatable bonds is 6. The second kappa shape index (κ2) is 7.98. The van der Waals surface area contributed by atoms with E-state index in [9.17, 15) is 9.90 Å². The zero-order valence-electron chi connectivity index (χ0n) is 15.5. The molecule has 2 aromatic carbocycles.